The number of dihydropyridines is 1. The summed E-state index contributed by atoms with van der Waals surface area (Å²) in [5.74, 6) is 1.20. The van der Waals surface area contributed by atoms with Crippen LogP contribution in [-0.2, 0) is 0 Å². The van der Waals surface area contributed by atoms with Gasteiger partial charge in [-0.25, -0.2) is 0 Å². The fourth-order valence-corrected chi connectivity index (χ4v) is 6.88. The van der Waals surface area contributed by atoms with Crippen molar-refractivity contribution in [1.82, 2.24) is 5.32 Å². The van der Waals surface area contributed by atoms with Crippen molar-refractivity contribution >= 4 is 35.3 Å². The van der Waals surface area contributed by atoms with E-state index in [1.54, 1.807) is 0 Å². The molecule has 142 valence electrons. The zero-order chi connectivity index (χ0) is 19.3. The molecule has 1 aromatic carbocycles. The summed E-state index contributed by atoms with van der Waals surface area (Å²) in [5, 5.41) is 3.46. The summed E-state index contributed by atoms with van der Waals surface area (Å²) < 4.78 is 0. The molecule has 0 spiro atoms. The van der Waals surface area contributed by atoms with Gasteiger partial charge in [0.1, 0.15) is 0 Å². The largest absolute Gasteiger partial charge is 0.384 e. The smallest absolute Gasteiger partial charge is 0.0407 e. The van der Waals surface area contributed by atoms with Crippen molar-refractivity contribution in [3.8, 4) is 0 Å². The third kappa shape index (κ3) is 4.62. The van der Waals surface area contributed by atoms with Crippen LogP contribution < -0.4 is 5.32 Å². The van der Waals surface area contributed by atoms with Gasteiger partial charge in [0.25, 0.3) is 0 Å². The lowest BCUT2D eigenvalue weighted by molar-refractivity contribution is 0.895. The summed E-state index contributed by atoms with van der Waals surface area (Å²) >= 11 is 5.70. The van der Waals surface area contributed by atoms with Gasteiger partial charge < -0.3 is 5.32 Å². The van der Waals surface area contributed by atoms with E-state index >= 15 is 0 Å². The van der Waals surface area contributed by atoms with E-state index < -0.39 is 0 Å². The summed E-state index contributed by atoms with van der Waals surface area (Å²) in [6, 6.07) is 8.69. The van der Waals surface area contributed by atoms with Gasteiger partial charge in [-0.1, -0.05) is 78.2 Å². The molecule has 1 aromatic rings. The SMILES string of the molecule is C=C(C)/C=C(\SCC1=CC=CCN1)C1C=CC=CC2=C1Sc1ccccc1S2. The molecule has 1 N–H and O–H groups in total. The molecule has 4 heteroatoms. The number of nitrogens with one attached hydrogen (secondary N) is 1. The fourth-order valence-electron chi connectivity index (χ4n) is 3.14. The number of hydrogen-bond donors (Lipinski definition) is 1. The molecule has 0 radical (unpaired) electrons. The Hall–Kier alpha value is -1.75. The molecule has 0 fully saturated rings. The van der Waals surface area contributed by atoms with Crippen molar-refractivity contribution in [1.29, 1.82) is 0 Å². The maximum atomic E-state index is 4.15. The van der Waals surface area contributed by atoms with Crippen LogP contribution in [0.4, 0.5) is 0 Å². The van der Waals surface area contributed by atoms with Crippen LogP contribution in [0, 0.1) is 5.92 Å². The zero-order valence-electron chi connectivity index (χ0n) is 15.9. The molecule has 0 saturated carbocycles. The first kappa shape index (κ1) is 19.6. The van der Waals surface area contributed by atoms with Gasteiger partial charge in [0.05, 0.1) is 0 Å². The molecule has 2 heterocycles. The maximum absolute atomic E-state index is 4.15. The Morgan fingerprint density at radius 2 is 2.04 bits per heavy atom. The third-order valence-electron chi connectivity index (χ3n) is 4.45. The predicted molar refractivity (Wildman–Crippen MR) is 128 cm³/mol. The molecule has 1 atom stereocenters. The number of benzene rings is 1. The lowest BCUT2D eigenvalue weighted by Gasteiger charge is -2.26. The molecule has 1 unspecified atom stereocenters. The first-order valence-electron chi connectivity index (χ1n) is 9.34. The first-order chi connectivity index (χ1) is 13.7. The highest BCUT2D eigenvalue weighted by Gasteiger charge is 2.27. The number of thioether (sulfide) groups is 3. The van der Waals surface area contributed by atoms with Crippen molar-refractivity contribution in [2.24, 2.45) is 5.92 Å². The summed E-state index contributed by atoms with van der Waals surface area (Å²) in [7, 11) is 0. The topological polar surface area (TPSA) is 12.0 Å². The number of rotatable bonds is 5. The Morgan fingerprint density at radius 1 is 1.21 bits per heavy atom. The monoisotopic (exact) mass is 421 g/mol. The molecular formula is C24H23NS3. The minimum Gasteiger partial charge on any atom is -0.384 e. The van der Waals surface area contributed by atoms with Crippen molar-refractivity contribution in [2.75, 3.05) is 12.3 Å². The van der Waals surface area contributed by atoms with Gasteiger partial charge in [0.2, 0.25) is 0 Å². The van der Waals surface area contributed by atoms with Crippen LogP contribution in [0.5, 0.6) is 0 Å². The zero-order valence-corrected chi connectivity index (χ0v) is 18.3. The lowest BCUT2D eigenvalue weighted by atomic mass is 10.1. The molecule has 28 heavy (non-hydrogen) atoms. The number of allylic oxidation sites excluding steroid dienone is 10. The van der Waals surface area contributed by atoms with Gasteiger partial charge in [-0.2, -0.15) is 0 Å². The molecule has 1 nitrogen and oxygen atoms in total. The Morgan fingerprint density at radius 3 is 2.79 bits per heavy atom. The van der Waals surface area contributed by atoms with E-state index in [4.69, 9.17) is 0 Å². The van der Waals surface area contributed by atoms with Crippen molar-refractivity contribution < 1.29 is 0 Å². The van der Waals surface area contributed by atoms with Gasteiger partial charge in [0, 0.05) is 43.5 Å². The molecule has 0 amide bonds. The number of fused-ring (bicyclic) bond motifs is 1. The van der Waals surface area contributed by atoms with Gasteiger partial charge in [-0.05, 0) is 42.2 Å². The van der Waals surface area contributed by atoms with Crippen LogP contribution >= 0.6 is 35.3 Å². The van der Waals surface area contributed by atoms with Gasteiger partial charge >= 0.3 is 0 Å². The minimum atomic E-state index is 0.261. The minimum absolute atomic E-state index is 0.261. The molecule has 0 aromatic heterocycles. The Kier molecular flexibility index (Phi) is 6.40. The Bertz CT molecular complexity index is 960. The predicted octanol–water partition coefficient (Wildman–Crippen LogP) is 7.07. The third-order valence-corrected chi connectivity index (χ3v) is 8.29. The average molecular weight is 422 g/mol. The Labute approximate surface area is 180 Å². The van der Waals surface area contributed by atoms with Crippen LogP contribution in [0.2, 0.25) is 0 Å². The second-order valence-electron chi connectivity index (χ2n) is 6.78. The summed E-state index contributed by atoms with van der Waals surface area (Å²) in [6.45, 7) is 7.14. The van der Waals surface area contributed by atoms with Crippen molar-refractivity contribution in [3.05, 3.63) is 105 Å². The van der Waals surface area contributed by atoms with Crippen LogP contribution in [0.15, 0.2) is 115 Å². The van der Waals surface area contributed by atoms with E-state index in [1.165, 1.54) is 30.2 Å². The molecule has 3 aliphatic rings. The highest BCUT2D eigenvalue weighted by molar-refractivity contribution is 8.09. The second kappa shape index (κ2) is 9.17. The fraction of sp³-hybridized carbons (Fsp3) is 0.167. The number of hydrogen-bond acceptors (Lipinski definition) is 4. The molecular weight excluding hydrogens is 398 g/mol. The molecule has 1 aliphatic carbocycles. The average Bonchev–Trinajstić information content (AvgIpc) is 2.92. The van der Waals surface area contributed by atoms with Crippen LogP contribution in [-0.4, -0.2) is 12.3 Å². The summed E-state index contributed by atoms with van der Waals surface area (Å²) in [5.41, 5.74) is 2.37. The highest BCUT2D eigenvalue weighted by Crippen LogP contribution is 2.53. The van der Waals surface area contributed by atoms with Gasteiger partial charge in [0.15, 0.2) is 0 Å². The Balaban J connectivity index is 1.64. The molecule has 0 bridgehead atoms. The van der Waals surface area contributed by atoms with Gasteiger partial charge in [-0.3, -0.25) is 0 Å². The molecule has 4 rings (SSSR count). The van der Waals surface area contributed by atoms with E-state index in [-0.39, 0.29) is 5.92 Å². The van der Waals surface area contributed by atoms with E-state index in [9.17, 15) is 0 Å². The second-order valence-corrected chi connectivity index (χ2v) is 10.0. The van der Waals surface area contributed by atoms with Crippen LogP contribution in [0.1, 0.15) is 6.92 Å². The maximum Gasteiger partial charge on any atom is 0.0407 e. The van der Waals surface area contributed by atoms with Crippen LogP contribution in [0.3, 0.4) is 0 Å². The highest BCUT2D eigenvalue weighted by atomic mass is 32.2. The molecule has 2 aliphatic heterocycles. The van der Waals surface area contributed by atoms with Crippen molar-refractivity contribution in [3.63, 3.8) is 0 Å². The summed E-state index contributed by atoms with van der Waals surface area (Å²) in [4.78, 5) is 6.81. The van der Waals surface area contributed by atoms with E-state index in [0.29, 0.717) is 0 Å². The normalized spacial score (nSPS) is 20.8. The van der Waals surface area contributed by atoms with Gasteiger partial charge in [-0.15, -0.1) is 11.8 Å². The van der Waals surface area contributed by atoms with E-state index in [1.807, 2.05) is 35.3 Å². The molecule has 0 saturated heterocycles. The first-order valence-corrected chi connectivity index (χ1v) is 12.0. The van der Waals surface area contributed by atoms with Crippen molar-refractivity contribution in [2.45, 2.75) is 16.7 Å². The summed E-state index contributed by atoms with van der Waals surface area (Å²) in [6.07, 6.45) is 17.6. The van der Waals surface area contributed by atoms with E-state index in [2.05, 4.69) is 91.7 Å². The standard InChI is InChI=1S/C24H23NS3/c1-17(2)15-23(26-16-18-9-7-8-14-25-18)19-10-3-4-13-22-24(19)28-21-12-6-5-11-20(21)27-22/h3-13,15,19,25H,1,14,16H2,2H3/b23-15-. The lowest BCUT2D eigenvalue weighted by Crippen LogP contribution is -2.17. The van der Waals surface area contributed by atoms with Crippen LogP contribution in [0.25, 0.3) is 0 Å². The van der Waals surface area contributed by atoms with E-state index in [0.717, 1.165) is 17.9 Å². The quantitative estimate of drug-likeness (QED) is 0.510.